The summed E-state index contributed by atoms with van der Waals surface area (Å²) < 4.78 is 6.94. The average Bonchev–Trinajstić information content (AvgIpc) is 3.41. The maximum Gasteiger partial charge on any atom is 0.316 e. The molecule has 1 N–H and O–H groups in total. The number of aromatic nitrogens is 4. The number of fused-ring (bicyclic) bond motifs is 1. The van der Waals surface area contributed by atoms with E-state index in [1.807, 2.05) is 19.9 Å². The summed E-state index contributed by atoms with van der Waals surface area (Å²) in [5, 5.41) is 4.63. The van der Waals surface area contributed by atoms with Crippen molar-refractivity contribution >= 4 is 34.2 Å². The molecule has 0 saturated carbocycles. The van der Waals surface area contributed by atoms with Gasteiger partial charge in [0.25, 0.3) is 0 Å². The summed E-state index contributed by atoms with van der Waals surface area (Å²) in [6.45, 7) is 4.09. The summed E-state index contributed by atoms with van der Waals surface area (Å²) in [5.74, 6) is 0.411. The Kier molecular flexibility index (Phi) is 5.13. The molecule has 33 heavy (non-hydrogen) atoms. The Morgan fingerprint density at radius 1 is 1.15 bits per heavy atom. The summed E-state index contributed by atoms with van der Waals surface area (Å²) >= 11 is 6.06. The van der Waals surface area contributed by atoms with E-state index in [-0.39, 0.29) is 24.3 Å². The van der Waals surface area contributed by atoms with Gasteiger partial charge in [0.15, 0.2) is 0 Å². The van der Waals surface area contributed by atoms with E-state index in [0.29, 0.717) is 39.9 Å². The lowest BCUT2D eigenvalue weighted by Crippen LogP contribution is -2.37. The van der Waals surface area contributed by atoms with E-state index >= 15 is 0 Å². The summed E-state index contributed by atoms with van der Waals surface area (Å²) in [7, 11) is 0. The van der Waals surface area contributed by atoms with Gasteiger partial charge in [0.1, 0.15) is 0 Å². The number of benzene rings is 2. The molecule has 1 aliphatic heterocycles. The first-order valence-corrected chi connectivity index (χ1v) is 10.9. The van der Waals surface area contributed by atoms with Crippen LogP contribution in [0.2, 0.25) is 5.02 Å². The zero-order valence-electron chi connectivity index (χ0n) is 17.9. The van der Waals surface area contributed by atoms with Gasteiger partial charge < -0.3 is 14.4 Å². The fourth-order valence-electron chi connectivity index (χ4n) is 4.18. The molecule has 1 amide bonds. The molecule has 1 saturated heterocycles. The smallest absolute Gasteiger partial charge is 0.316 e. The minimum atomic E-state index is -0.687. The Morgan fingerprint density at radius 3 is 2.73 bits per heavy atom. The number of amides is 1. The summed E-state index contributed by atoms with van der Waals surface area (Å²) in [5.41, 5.74) is 1.18. The zero-order chi connectivity index (χ0) is 23.3. The second-order valence-electron chi connectivity index (χ2n) is 8.30. The van der Waals surface area contributed by atoms with Gasteiger partial charge in [-0.15, -0.1) is 0 Å². The van der Waals surface area contributed by atoms with E-state index < -0.39 is 11.1 Å². The highest BCUT2D eigenvalue weighted by atomic mass is 35.5. The van der Waals surface area contributed by atoms with Gasteiger partial charge in [0.05, 0.1) is 17.0 Å². The van der Waals surface area contributed by atoms with Gasteiger partial charge in [-0.05, 0) is 50.2 Å². The number of hydrogen-bond donors (Lipinski definition) is 1. The van der Waals surface area contributed by atoms with E-state index in [1.54, 1.807) is 41.3 Å². The first-order chi connectivity index (χ1) is 15.8. The van der Waals surface area contributed by atoms with E-state index in [9.17, 15) is 14.4 Å². The van der Waals surface area contributed by atoms with Crippen LogP contribution >= 0.6 is 11.6 Å². The lowest BCUT2D eigenvalue weighted by Gasteiger charge is -2.16. The molecule has 3 heterocycles. The third-order valence-corrected chi connectivity index (χ3v) is 5.96. The van der Waals surface area contributed by atoms with E-state index in [1.165, 1.54) is 4.57 Å². The molecule has 168 valence electrons. The monoisotopic (exact) mass is 465 g/mol. The molecule has 0 unspecified atom stereocenters. The molecule has 0 bridgehead atoms. The molecule has 2 aromatic heterocycles. The average molecular weight is 466 g/mol. The highest BCUT2D eigenvalue weighted by Crippen LogP contribution is 2.33. The molecule has 5 rings (SSSR count). The number of hydrogen-bond acceptors (Lipinski definition) is 6. The lowest BCUT2D eigenvalue weighted by atomic mass is 10.1. The van der Waals surface area contributed by atoms with Crippen LogP contribution in [-0.4, -0.2) is 32.1 Å². The SMILES string of the molecule is CC(C)n1c(=O)c(=O)[nH]c2cc(-c3noc([C@@H]4CC(=O)N(c5cccc(Cl)c5)C4)n3)ccc21. The maximum atomic E-state index is 12.6. The van der Waals surface area contributed by atoms with Crippen molar-refractivity contribution in [1.82, 2.24) is 19.7 Å². The van der Waals surface area contributed by atoms with Crippen molar-refractivity contribution in [2.45, 2.75) is 32.2 Å². The van der Waals surface area contributed by atoms with Crippen LogP contribution in [0.25, 0.3) is 22.4 Å². The fourth-order valence-corrected chi connectivity index (χ4v) is 4.36. The van der Waals surface area contributed by atoms with Crippen molar-refractivity contribution in [3.63, 3.8) is 0 Å². The predicted molar refractivity (Wildman–Crippen MR) is 124 cm³/mol. The number of rotatable bonds is 4. The Hall–Kier alpha value is -3.72. The van der Waals surface area contributed by atoms with E-state index in [4.69, 9.17) is 16.1 Å². The topological polar surface area (TPSA) is 114 Å². The largest absolute Gasteiger partial charge is 0.339 e. The zero-order valence-corrected chi connectivity index (χ0v) is 18.7. The molecule has 0 aliphatic carbocycles. The number of carbonyl (C=O) groups is 1. The highest BCUT2D eigenvalue weighted by molar-refractivity contribution is 6.30. The molecule has 1 fully saturated rings. The molecule has 2 aromatic carbocycles. The number of aromatic amines is 1. The summed E-state index contributed by atoms with van der Waals surface area (Å²) in [6, 6.07) is 12.2. The third kappa shape index (κ3) is 3.74. The summed E-state index contributed by atoms with van der Waals surface area (Å²) in [4.78, 5) is 45.7. The van der Waals surface area contributed by atoms with Crippen molar-refractivity contribution in [3.8, 4) is 11.4 Å². The van der Waals surface area contributed by atoms with Crippen LogP contribution < -0.4 is 16.0 Å². The predicted octanol–water partition coefficient (Wildman–Crippen LogP) is 3.49. The Balaban J connectivity index is 1.45. The van der Waals surface area contributed by atoms with Crippen LogP contribution in [0.4, 0.5) is 5.69 Å². The molecular formula is C23H20ClN5O4. The molecule has 9 nitrogen and oxygen atoms in total. The molecule has 1 aliphatic rings. The second-order valence-corrected chi connectivity index (χ2v) is 8.73. The highest BCUT2D eigenvalue weighted by Gasteiger charge is 2.35. The molecular weight excluding hydrogens is 446 g/mol. The van der Waals surface area contributed by atoms with Crippen LogP contribution in [0.3, 0.4) is 0 Å². The third-order valence-electron chi connectivity index (χ3n) is 5.73. The van der Waals surface area contributed by atoms with Crippen LogP contribution in [0.15, 0.2) is 56.6 Å². The lowest BCUT2D eigenvalue weighted by molar-refractivity contribution is -0.117. The number of nitrogens with zero attached hydrogens (tertiary/aromatic N) is 4. The minimum Gasteiger partial charge on any atom is -0.339 e. The van der Waals surface area contributed by atoms with Gasteiger partial charge in [-0.25, -0.2) is 0 Å². The van der Waals surface area contributed by atoms with Crippen LogP contribution in [0.5, 0.6) is 0 Å². The quantitative estimate of drug-likeness (QED) is 0.461. The Morgan fingerprint density at radius 2 is 1.97 bits per heavy atom. The van der Waals surface area contributed by atoms with E-state index in [2.05, 4.69) is 15.1 Å². The van der Waals surface area contributed by atoms with Crippen molar-refractivity contribution in [3.05, 3.63) is 74.1 Å². The molecule has 0 spiro atoms. The van der Waals surface area contributed by atoms with Gasteiger partial charge in [-0.3, -0.25) is 19.0 Å². The first kappa shape index (κ1) is 21.1. The van der Waals surface area contributed by atoms with Crippen LogP contribution in [0, 0.1) is 0 Å². The van der Waals surface area contributed by atoms with Gasteiger partial charge in [0, 0.05) is 35.3 Å². The Labute approximate surface area is 192 Å². The first-order valence-electron chi connectivity index (χ1n) is 10.5. The number of H-pyrrole nitrogens is 1. The van der Waals surface area contributed by atoms with Gasteiger partial charge in [0.2, 0.25) is 17.6 Å². The molecule has 1 atom stereocenters. The van der Waals surface area contributed by atoms with Crippen molar-refractivity contribution in [1.29, 1.82) is 0 Å². The van der Waals surface area contributed by atoms with Gasteiger partial charge in [-0.2, -0.15) is 4.98 Å². The number of halogens is 1. The van der Waals surface area contributed by atoms with Crippen LogP contribution in [-0.2, 0) is 4.79 Å². The standard InChI is InChI=1S/C23H20ClN5O4/c1-12(2)29-18-7-6-13(8-17(18)25-21(31)23(29)32)20-26-22(33-27-20)14-9-19(30)28(11-14)16-5-3-4-15(24)10-16/h3-8,10,12,14H,9,11H2,1-2H3,(H,25,31)/t14-/m1/s1. The second kappa shape index (κ2) is 8.00. The molecule has 10 heteroatoms. The Bertz CT molecular complexity index is 1500. The molecule has 0 radical (unpaired) electrons. The minimum absolute atomic E-state index is 0.0445. The number of anilines is 1. The van der Waals surface area contributed by atoms with Crippen molar-refractivity contribution in [2.24, 2.45) is 0 Å². The number of carbonyl (C=O) groups excluding carboxylic acids is 1. The summed E-state index contributed by atoms with van der Waals surface area (Å²) in [6.07, 6.45) is 0.250. The van der Waals surface area contributed by atoms with Crippen molar-refractivity contribution < 1.29 is 9.32 Å². The molecule has 4 aromatic rings. The maximum absolute atomic E-state index is 12.6. The van der Waals surface area contributed by atoms with E-state index in [0.717, 1.165) is 5.69 Å². The van der Waals surface area contributed by atoms with Gasteiger partial charge in [-0.1, -0.05) is 22.8 Å². The number of nitrogens with one attached hydrogen (secondary N) is 1. The fraction of sp³-hybridized carbons (Fsp3) is 0.261. The van der Waals surface area contributed by atoms with Gasteiger partial charge >= 0.3 is 11.1 Å². The normalized spacial score (nSPS) is 16.3. The van der Waals surface area contributed by atoms with Crippen molar-refractivity contribution in [2.75, 3.05) is 11.4 Å². The van der Waals surface area contributed by atoms with Crippen LogP contribution in [0.1, 0.15) is 38.1 Å².